The van der Waals surface area contributed by atoms with Crippen LogP contribution in [0.3, 0.4) is 0 Å². The van der Waals surface area contributed by atoms with Crippen molar-refractivity contribution in [3.8, 4) is 6.07 Å². The van der Waals surface area contributed by atoms with Crippen LogP contribution in [0, 0.1) is 45.8 Å². The Morgan fingerprint density at radius 1 is 1.21 bits per heavy atom. The summed E-state index contributed by atoms with van der Waals surface area (Å²) < 4.78 is 27.4. The summed E-state index contributed by atoms with van der Waals surface area (Å²) in [7, 11) is -3.68. The summed E-state index contributed by atoms with van der Waals surface area (Å²) in [6, 6.07) is 8.32. The van der Waals surface area contributed by atoms with E-state index in [0.29, 0.717) is 25.0 Å². The molecule has 5 unspecified atom stereocenters. The Balaban J connectivity index is 1.10. The lowest BCUT2D eigenvalue weighted by Gasteiger charge is -2.90. The lowest BCUT2D eigenvalue weighted by Crippen LogP contribution is -2.88. The summed E-state index contributed by atoms with van der Waals surface area (Å²) >= 11 is 0. The van der Waals surface area contributed by atoms with Crippen LogP contribution in [0.15, 0.2) is 29.2 Å². The molecule has 1 spiro atoms. The number of benzene rings is 1. The van der Waals surface area contributed by atoms with E-state index in [4.69, 9.17) is 0 Å². The smallest absolute Gasteiger partial charge is 0.244 e. The van der Waals surface area contributed by atoms with E-state index in [1.165, 1.54) is 29.3 Å². The summed E-state index contributed by atoms with van der Waals surface area (Å²) in [6.07, 6.45) is 5.56. The zero-order chi connectivity index (χ0) is 20.0. The molecule has 1 aliphatic heterocycles. The molecule has 1 aromatic rings. The van der Waals surface area contributed by atoms with E-state index in [-0.39, 0.29) is 27.7 Å². The van der Waals surface area contributed by atoms with Crippen molar-refractivity contribution < 1.29 is 13.2 Å². The summed E-state index contributed by atoms with van der Waals surface area (Å²) in [5, 5.41) is 12.4. The van der Waals surface area contributed by atoms with Crippen LogP contribution in [0.4, 0.5) is 0 Å². The molecule has 1 saturated heterocycles. The van der Waals surface area contributed by atoms with Gasteiger partial charge in [-0.3, -0.25) is 4.79 Å². The van der Waals surface area contributed by atoms with E-state index < -0.39 is 10.0 Å². The van der Waals surface area contributed by atoms with E-state index >= 15 is 0 Å². The maximum atomic E-state index is 13.0. The van der Waals surface area contributed by atoms with E-state index in [2.05, 4.69) is 5.32 Å². The standard InChI is InChI=1S/C22H25N3O3S/c23-11-15-3-1-2-4-19(15)29(27,28)25-6-5-14(13-25)12-24-20(26)21-9-17-7-16-8-18(10-21)22(16,17)21/h1-4,14,16-18H,5-10,12-13H2,(H,24,26)/t14?,16?,17-,18?,21?,22?/m1/s1. The molecule has 0 bridgehead atoms. The van der Waals surface area contributed by atoms with Crippen molar-refractivity contribution in [1.82, 2.24) is 9.62 Å². The van der Waals surface area contributed by atoms with Crippen molar-refractivity contribution in [1.29, 1.82) is 5.26 Å². The molecule has 7 heteroatoms. The van der Waals surface area contributed by atoms with Crippen molar-refractivity contribution in [3.05, 3.63) is 29.8 Å². The number of nitrogens with zero attached hydrogens (tertiary/aromatic N) is 2. The van der Waals surface area contributed by atoms with Gasteiger partial charge in [0, 0.05) is 19.6 Å². The topological polar surface area (TPSA) is 90.3 Å². The Morgan fingerprint density at radius 3 is 2.59 bits per heavy atom. The molecule has 152 valence electrons. The third kappa shape index (κ3) is 1.95. The van der Waals surface area contributed by atoms with E-state index in [1.807, 2.05) is 6.07 Å². The first-order chi connectivity index (χ1) is 13.9. The largest absolute Gasteiger partial charge is 0.355 e. The van der Waals surface area contributed by atoms with Crippen LogP contribution in [0.25, 0.3) is 0 Å². The Hall–Kier alpha value is -1.91. The van der Waals surface area contributed by atoms with Gasteiger partial charge >= 0.3 is 0 Å². The first-order valence-corrected chi connectivity index (χ1v) is 12.1. The Morgan fingerprint density at radius 2 is 1.93 bits per heavy atom. The van der Waals surface area contributed by atoms with Crippen LogP contribution in [0.5, 0.6) is 0 Å². The highest BCUT2D eigenvalue weighted by Gasteiger charge is 2.89. The number of hydrogen-bond acceptors (Lipinski definition) is 4. The van der Waals surface area contributed by atoms with Gasteiger partial charge in [0.15, 0.2) is 0 Å². The lowest BCUT2D eigenvalue weighted by atomic mass is 9.13. The van der Waals surface area contributed by atoms with Crippen molar-refractivity contribution >= 4 is 15.9 Å². The molecule has 29 heavy (non-hydrogen) atoms. The van der Waals surface area contributed by atoms with Crippen LogP contribution < -0.4 is 5.32 Å². The Labute approximate surface area is 171 Å². The van der Waals surface area contributed by atoms with E-state index in [0.717, 1.165) is 37.0 Å². The number of nitriles is 1. The minimum atomic E-state index is -3.68. The molecule has 4 saturated carbocycles. The Bertz CT molecular complexity index is 1030. The van der Waals surface area contributed by atoms with Crippen molar-refractivity contribution in [2.75, 3.05) is 19.6 Å². The maximum absolute atomic E-state index is 13.0. The van der Waals surface area contributed by atoms with E-state index in [1.54, 1.807) is 12.1 Å². The van der Waals surface area contributed by atoms with Gasteiger partial charge in [-0.15, -0.1) is 0 Å². The molecular formula is C22H25N3O3S. The molecule has 1 amide bonds. The number of carbonyl (C=O) groups is 1. The summed E-state index contributed by atoms with van der Waals surface area (Å²) in [5.74, 6) is 2.77. The molecule has 6 atom stereocenters. The van der Waals surface area contributed by atoms with Crippen molar-refractivity contribution in [2.24, 2.45) is 34.5 Å². The molecular weight excluding hydrogens is 386 g/mol. The number of hydrogen-bond donors (Lipinski definition) is 1. The second-order valence-corrected chi connectivity index (χ2v) is 11.7. The zero-order valence-electron chi connectivity index (χ0n) is 16.3. The minimum absolute atomic E-state index is 0.0761. The van der Waals surface area contributed by atoms with Crippen LogP contribution in [0.1, 0.15) is 37.7 Å². The average molecular weight is 412 g/mol. The molecule has 1 aromatic carbocycles. The van der Waals surface area contributed by atoms with Crippen LogP contribution in [0.2, 0.25) is 0 Å². The van der Waals surface area contributed by atoms with Gasteiger partial charge in [0.05, 0.1) is 15.9 Å². The highest BCUT2D eigenvalue weighted by atomic mass is 32.2. The highest BCUT2D eigenvalue weighted by Crippen LogP contribution is 2.92. The van der Waals surface area contributed by atoms with Gasteiger partial charge in [0.2, 0.25) is 15.9 Å². The van der Waals surface area contributed by atoms with Crippen molar-refractivity contribution in [2.45, 2.75) is 37.0 Å². The zero-order valence-corrected chi connectivity index (χ0v) is 17.1. The fraction of sp³-hybridized carbons (Fsp3) is 0.636. The summed E-state index contributed by atoms with van der Waals surface area (Å²) in [5.41, 5.74) is 0.472. The highest BCUT2D eigenvalue weighted by molar-refractivity contribution is 7.89. The first-order valence-electron chi connectivity index (χ1n) is 10.7. The third-order valence-corrected chi connectivity index (χ3v) is 11.0. The monoisotopic (exact) mass is 411 g/mol. The number of sulfonamides is 1. The quantitative estimate of drug-likeness (QED) is 0.804. The van der Waals surface area contributed by atoms with Gasteiger partial charge in [-0.2, -0.15) is 9.57 Å². The van der Waals surface area contributed by atoms with Crippen LogP contribution in [-0.2, 0) is 14.8 Å². The molecule has 4 aliphatic carbocycles. The number of nitrogens with one attached hydrogen (secondary N) is 1. The fourth-order valence-corrected chi connectivity index (χ4v) is 9.50. The third-order valence-electron chi connectivity index (χ3n) is 9.04. The molecule has 0 radical (unpaired) electrons. The number of rotatable bonds is 5. The predicted molar refractivity (Wildman–Crippen MR) is 105 cm³/mol. The van der Waals surface area contributed by atoms with Gasteiger partial charge in [0.25, 0.3) is 0 Å². The summed E-state index contributed by atoms with van der Waals surface area (Å²) in [4.78, 5) is 13.1. The average Bonchev–Trinajstić information content (AvgIpc) is 3.14. The molecule has 5 fully saturated rings. The molecule has 5 aliphatic rings. The number of carbonyl (C=O) groups excluding carboxylic acids is 1. The van der Waals surface area contributed by atoms with Gasteiger partial charge in [-0.25, -0.2) is 8.42 Å². The molecule has 1 N–H and O–H groups in total. The fourth-order valence-electron chi connectivity index (χ4n) is 7.83. The SMILES string of the molecule is N#Cc1ccccc1S(=O)(=O)N1CCC(CNC(=O)C23CC4CC5C[C@H](C2)C543)C1. The van der Waals surface area contributed by atoms with E-state index in [9.17, 15) is 18.5 Å². The lowest BCUT2D eigenvalue weighted by molar-refractivity contribution is -0.413. The van der Waals surface area contributed by atoms with Gasteiger partial charge < -0.3 is 5.32 Å². The Kier molecular flexibility index (Phi) is 3.47. The maximum Gasteiger partial charge on any atom is 0.244 e. The van der Waals surface area contributed by atoms with Crippen LogP contribution in [-0.4, -0.2) is 38.3 Å². The normalized spacial score (nSPS) is 41.5. The predicted octanol–water partition coefficient (Wildman–Crippen LogP) is 2.12. The van der Waals surface area contributed by atoms with Crippen LogP contribution >= 0.6 is 0 Å². The second-order valence-electron chi connectivity index (χ2n) is 9.82. The van der Waals surface area contributed by atoms with Gasteiger partial charge in [-0.05, 0) is 73.3 Å². The molecule has 1 heterocycles. The second kappa shape index (κ2) is 5.61. The first kappa shape index (κ1) is 17.9. The molecule has 6 rings (SSSR count). The molecule has 0 aromatic heterocycles. The number of amides is 1. The van der Waals surface area contributed by atoms with Gasteiger partial charge in [-0.1, -0.05) is 12.1 Å². The summed E-state index contributed by atoms with van der Waals surface area (Å²) in [6.45, 7) is 1.38. The van der Waals surface area contributed by atoms with Crippen molar-refractivity contribution in [3.63, 3.8) is 0 Å². The minimum Gasteiger partial charge on any atom is -0.355 e. The van der Waals surface area contributed by atoms with Gasteiger partial charge in [0.1, 0.15) is 6.07 Å². The molecule has 6 nitrogen and oxygen atoms in total.